The molecular formula is C21H22N2O3. The minimum absolute atomic E-state index is 0.0514. The van der Waals surface area contributed by atoms with Gasteiger partial charge in [0.05, 0.1) is 11.1 Å². The van der Waals surface area contributed by atoms with Gasteiger partial charge in [-0.15, -0.1) is 0 Å². The average molecular weight is 350 g/mol. The molecule has 0 saturated heterocycles. The molecular weight excluding hydrogens is 328 g/mol. The number of imide groups is 1. The summed E-state index contributed by atoms with van der Waals surface area (Å²) in [5.74, 6) is -0.862. The summed E-state index contributed by atoms with van der Waals surface area (Å²) in [7, 11) is 0. The van der Waals surface area contributed by atoms with Crippen molar-refractivity contribution < 1.29 is 14.4 Å². The lowest BCUT2D eigenvalue weighted by atomic mass is 10.0. The number of carbonyl (C=O) groups excluding carboxylic acids is 3. The van der Waals surface area contributed by atoms with Crippen LogP contribution in [0.2, 0.25) is 0 Å². The minimum atomic E-state index is -0.334. The monoisotopic (exact) mass is 350 g/mol. The van der Waals surface area contributed by atoms with Crippen LogP contribution < -0.4 is 5.32 Å². The Morgan fingerprint density at radius 3 is 2.42 bits per heavy atom. The fraction of sp³-hybridized carbons (Fsp3) is 0.286. The molecule has 1 unspecified atom stereocenters. The maximum Gasteiger partial charge on any atom is 0.261 e. The molecule has 5 heteroatoms. The van der Waals surface area contributed by atoms with Crippen molar-refractivity contribution >= 4 is 17.7 Å². The summed E-state index contributed by atoms with van der Waals surface area (Å²) >= 11 is 0. The quantitative estimate of drug-likeness (QED) is 0.814. The Morgan fingerprint density at radius 2 is 1.73 bits per heavy atom. The fourth-order valence-electron chi connectivity index (χ4n) is 2.93. The number of amides is 3. The van der Waals surface area contributed by atoms with Crippen molar-refractivity contribution in [3.63, 3.8) is 0 Å². The van der Waals surface area contributed by atoms with E-state index in [2.05, 4.69) is 5.32 Å². The third kappa shape index (κ3) is 3.52. The highest BCUT2D eigenvalue weighted by molar-refractivity contribution is 6.22. The van der Waals surface area contributed by atoms with Crippen molar-refractivity contribution in [2.75, 3.05) is 6.54 Å². The molecule has 3 amide bonds. The van der Waals surface area contributed by atoms with Gasteiger partial charge in [-0.25, -0.2) is 0 Å². The first-order chi connectivity index (χ1) is 12.5. The van der Waals surface area contributed by atoms with E-state index in [9.17, 15) is 14.4 Å². The number of rotatable bonds is 6. The lowest BCUT2D eigenvalue weighted by molar-refractivity contribution is 0.0656. The Labute approximate surface area is 153 Å². The molecule has 0 radical (unpaired) electrons. The van der Waals surface area contributed by atoms with Crippen molar-refractivity contribution in [1.82, 2.24) is 10.2 Å². The molecule has 1 N–H and O–H groups in total. The van der Waals surface area contributed by atoms with Crippen LogP contribution in [0.1, 0.15) is 56.9 Å². The second kappa shape index (κ2) is 7.52. The maximum absolute atomic E-state index is 12.7. The predicted molar refractivity (Wildman–Crippen MR) is 99.2 cm³/mol. The normalized spacial score (nSPS) is 14.3. The lowest BCUT2D eigenvalue weighted by Crippen LogP contribution is -2.32. The third-order valence-electron chi connectivity index (χ3n) is 4.69. The van der Waals surface area contributed by atoms with E-state index in [1.54, 1.807) is 12.1 Å². The molecule has 3 rings (SSSR count). The van der Waals surface area contributed by atoms with Gasteiger partial charge in [-0.05, 0) is 43.5 Å². The van der Waals surface area contributed by atoms with E-state index in [1.807, 2.05) is 44.2 Å². The summed E-state index contributed by atoms with van der Waals surface area (Å²) in [4.78, 5) is 38.7. The number of carbonyl (C=O) groups is 3. The van der Waals surface area contributed by atoms with E-state index < -0.39 is 0 Å². The van der Waals surface area contributed by atoms with Crippen LogP contribution in [-0.2, 0) is 6.42 Å². The molecule has 1 aliphatic heterocycles. The van der Waals surface area contributed by atoms with Crippen LogP contribution in [0.15, 0.2) is 48.5 Å². The SMILES string of the molecule is CCC(C)NC(=O)c1ccc2c(c1)C(=O)N(CCc1ccccc1)C2=O. The molecule has 0 bridgehead atoms. The molecule has 134 valence electrons. The highest BCUT2D eigenvalue weighted by Crippen LogP contribution is 2.24. The van der Waals surface area contributed by atoms with Gasteiger partial charge in [0.25, 0.3) is 17.7 Å². The first kappa shape index (κ1) is 17.9. The molecule has 0 aromatic heterocycles. The van der Waals surface area contributed by atoms with E-state index in [0.29, 0.717) is 29.7 Å². The fourth-order valence-corrected chi connectivity index (χ4v) is 2.93. The van der Waals surface area contributed by atoms with Gasteiger partial charge >= 0.3 is 0 Å². The van der Waals surface area contributed by atoms with Crippen molar-refractivity contribution in [3.8, 4) is 0 Å². The average Bonchev–Trinajstić information content (AvgIpc) is 2.90. The van der Waals surface area contributed by atoms with Gasteiger partial charge in [-0.3, -0.25) is 19.3 Å². The summed E-state index contributed by atoms with van der Waals surface area (Å²) < 4.78 is 0. The van der Waals surface area contributed by atoms with E-state index >= 15 is 0 Å². The summed E-state index contributed by atoms with van der Waals surface area (Å²) in [6.45, 7) is 4.23. The second-order valence-corrected chi connectivity index (χ2v) is 6.54. The summed E-state index contributed by atoms with van der Waals surface area (Å²) in [5.41, 5.74) is 2.14. The predicted octanol–water partition coefficient (Wildman–Crippen LogP) is 3.05. The molecule has 2 aromatic carbocycles. The number of nitrogens with zero attached hydrogens (tertiary/aromatic N) is 1. The first-order valence-electron chi connectivity index (χ1n) is 8.86. The Balaban J connectivity index is 1.76. The zero-order valence-electron chi connectivity index (χ0n) is 15.0. The number of hydrogen-bond donors (Lipinski definition) is 1. The van der Waals surface area contributed by atoms with Crippen molar-refractivity contribution in [2.24, 2.45) is 0 Å². The molecule has 0 fully saturated rings. The molecule has 0 aliphatic carbocycles. The van der Waals surface area contributed by atoms with Crippen molar-refractivity contribution in [2.45, 2.75) is 32.7 Å². The lowest BCUT2D eigenvalue weighted by Gasteiger charge is -2.13. The third-order valence-corrected chi connectivity index (χ3v) is 4.69. The highest BCUT2D eigenvalue weighted by Gasteiger charge is 2.35. The van der Waals surface area contributed by atoms with Crippen LogP contribution in [0, 0.1) is 0 Å². The van der Waals surface area contributed by atoms with Crippen LogP contribution in [0.4, 0.5) is 0 Å². The van der Waals surface area contributed by atoms with Gasteiger partial charge in [0.1, 0.15) is 0 Å². The minimum Gasteiger partial charge on any atom is -0.350 e. The van der Waals surface area contributed by atoms with Gasteiger partial charge in [0.15, 0.2) is 0 Å². The highest BCUT2D eigenvalue weighted by atomic mass is 16.2. The smallest absolute Gasteiger partial charge is 0.261 e. The molecule has 2 aromatic rings. The van der Waals surface area contributed by atoms with Crippen LogP contribution >= 0.6 is 0 Å². The Kier molecular flexibility index (Phi) is 5.16. The van der Waals surface area contributed by atoms with Crippen molar-refractivity contribution in [1.29, 1.82) is 0 Å². The number of hydrogen-bond acceptors (Lipinski definition) is 3. The number of fused-ring (bicyclic) bond motifs is 1. The van der Waals surface area contributed by atoms with Crippen LogP contribution in [-0.4, -0.2) is 35.2 Å². The van der Waals surface area contributed by atoms with Crippen LogP contribution in [0.5, 0.6) is 0 Å². The Bertz CT molecular complexity index is 846. The maximum atomic E-state index is 12.7. The molecule has 5 nitrogen and oxygen atoms in total. The molecule has 1 atom stereocenters. The van der Waals surface area contributed by atoms with E-state index in [1.165, 1.54) is 11.0 Å². The first-order valence-corrected chi connectivity index (χ1v) is 8.86. The molecule has 1 heterocycles. The summed E-state index contributed by atoms with van der Waals surface area (Å²) in [5, 5.41) is 2.87. The van der Waals surface area contributed by atoms with E-state index in [4.69, 9.17) is 0 Å². The van der Waals surface area contributed by atoms with Gasteiger partial charge in [-0.1, -0.05) is 37.3 Å². The number of benzene rings is 2. The molecule has 0 saturated carbocycles. The summed E-state index contributed by atoms with van der Waals surface area (Å²) in [6.07, 6.45) is 1.43. The standard InChI is InChI=1S/C21H22N2O3/c1-3-14(2)22-19(24)16-9-10-17-18(13-16)21(26)23(20(17)25)12-11-15-7-5-4-6-8-15/h4-10,13-14H,3,11-12H2,1-2H3,(H,22,24). The molecule has 1 aliphatic rings. The van der Waals surface area contributed by atoms with Gasteiger partial charge in [0.2, 0.25) is 0 Å². The molecule has 26 heavy (non-hydrogen) atoms. The summed E-state index contributed by atoms with van der Waals surface area (Å²) in [6, 6.07) is 14.5. The second-order valence-electron chi connectivity index (χ2n) is 6.54. The topological polar surface area (TPSA) is 66.5 Å². The van der Waals surface area contributed by atoms with E-state index in [0.717, 1.165) is 12.0 Å². The largest absolute Gasteiger partial charge is 0.350 e. The Hall–Kier alpha value is -2.95. The van der Waals surface area contributed by atoms with Crippen LogP contribution in [0.25, 0.3) is 0 Å². The van der Waals surface area contributed by atoms with E-state index in [-0.39, 0.29) is 23.8 Å². The zero-order chi connectivity index (χ0) is 18.7. The van der Waals surface area contributed by atoms with Gasteiger partial charge in [0, 0.05) is 18.2 Å². The number of nitrogens with one attached hydrogen (secondary N) is 1. The Morgan fingerprint density at radius 1 is 1.04 bits per heavy atom. The zero-order valence-corrected chi connectivity index (χ0v) is 15.0. The molecule has 0 spiro atoms. The van der Waals surface area contributed by atoms with Gasteiger partial charge < -0.3 is 5.32 Å². The van der Waals surface area contributed by atoms with Crippen LogP contribution in [0.3, 0.4) is 0 Å². The van der Waals surface area contributed by atoms with Gasteiger partial charge in [-0.2, -0.15) is 0 Å². The van der Waals surface area contributed by atoms with Crippen molar-refractivity contribution in [3.05, 3.63) is 70.8 Å².